The van der Waals surface area contributed by atoms with E-state index in [-0.39, 0.29) is 19.4 Å². The number of carbonyl (C=O) groups excluding carboxylic acids is 2. The zero-order valence-electron chi connectivity index (χ0n) is 16.8. The van der Waals surface area contributed by atoms with Gasteiger partial charge in [0, 0.05) is 18.7 Å². The van der Waals surface area contributed by atoms with Gasteiger partial charge in [-0.2, -0.15) is 0 Å². The Kier molecular flexibility index (Phi) is 7.10. The number of halogens is 1. The van der Waals surface area contributed by atoms with E-state index in [0.717, 1.165) is 23.8 Å². The number of alkyl halides is 1. The van der Waals surface area contributed by atoms with Crippen molar-refractivity contribution in [3.63, 3.8) is 0 Å². The lowest BCUT2D eigenvalue weighted by Crippen LogP contribution is -2.46. The summed E-state index contributed by atoms with van der Waals surface area (Å²) in [5.41, 5.74) is -3.99. The number of aromatic nitrogens is 2. The summed E-state index contributed by atoms with van der Waals surface area (Å²) in [4.78, 5) is 49.5. The fourth-order valence-electron chi connectivity index (χ4n) is 3.29. The Morgan fingerprint density at radius 2 is 2.03 bits per heavy atom. The average molecular weight is 463 g/mol. The third-order valence-corrected chi connectivity index (χ3v) is 5.98. The first-order chi connectivity index (χ1) is 14.6. The van der Waals surface area contributed by atoms with Gasteiger partial charge in [0.05, 0.1) is 13.2 Å². The van der Waals surface area contributed by atoms with E-state index in [1.807, 2.05) is 4.98 Å². The summed E-state index contributed by atoms with van der Waals surface area (Å²) < 4.78 is 49.8. The number of hydrogen-bond donors (Lipinski definition) is 2. The number of nitrogens with zero attached hydrogens (tertiary/aromatic N) is 1. The van der Waals surface area contributed by atoms with Crippen LogP contribution in [0.5, 0.6) is 0 Å². The van der Waals surface area contributed by atoms with Gasteiger partial charge in [0.1, 0.15) is 12.1 Å². The number of esters is 2. The molecule has 14 heteroatoms. The highest BCUT2D eigenvalue weighted by Crippen LogP contribution is 2.43. The van der Waals surface area contributed by atoms with Crippen molar-refractivity contribution in [2.45, 2.75) is 56.8 Å². The van der Waals surface area contributed by atoms with Crippen LogP contribution in [-0.4, -0.2) is 58.6 Å². The number of nitrogens with one attached hydrogen (secondary N) is 2. The molecule has 12 nitrogen and oxygen atoms in total. The summed E-state index contributed by atoms with van der Waals surface area (Å²) >= 11 is 0. The molecule has 2 aliphatic heterocycles. The number of hydrogen-bond acceptors (Lipinski definition) is 9. The maximum absolute atomic E-state index is 15.8. The van der Waals surface area contributed by atoms with Crippen molar-refractivity contribution in [2.24, 2.45) is 0 Å². The van der Waals surface area contributed by atoms with E-state index in [1.165, 1.54) is 6.92 Å². The lowest BCUT2D eigenvalue weighted by atomic mass is 9.98. The smallest absolute Gasteiger partial charge is 0.330 e. The molecule has 0 aliphatic carbocycles. The molecule has 0 aromatic carbocycles. The van der Waals surface area contributed by atoms with Gasteiger partial charge in [-0.3, -0.25) is 28.5 Å². The molecule has 2 N–H and O–H groups in total. The molecule has 1 unspecified atom stereocenters. The van der Waals surface area contributed by atoms with Gasteiger partial charge in [0.25, 0.3) is 13.7 Å². The molecule has 0 amide bonds. The van der Waals surface area contributed by atoms with Gasteiger partial charge >= 0.3 is 17.6 Å². The number of aromatic amines is 1. The van der Waals surface area contributed by atoms with Gasteiger partial charge in [-0.1, -0.05) is 0 Å². The van der Waals surface area contributed by atoms with E-state index in [0.29, 0.717) is 0 Å². The van der Waals surface area contributed by atoms with Gasteiger partial charge in [0.2, 0.25) is 0 Å². The van der Waals surface area contributed by atoms with Crippen molar-refractivity contribution in [2.75, 3.05) is 13.2 Å². The predicted molar refractivity (Wildman–Crippen MR) is 102 cm³/mol. The molecule has 3 rings (SSSR count). The summed E-state index contributed by atoms with van der Waals surface area (Å²) in [6.45, 7) is 1.97. The molecule has 1 aromatic heterocycles. The standard InChI is InChI=1S/C17H23FN3O9P/c1-9-14(24)27-7-3-4-12(23)30-13-10(8-28-31(26)20-9)29-15(17(13,2)18)21-6-5-11(22)19-16(21)25/h5-6,9-10,13,15,31H,3-4,7-8H2,1-2H3,(H,20,26)(H,19,22,25)/t9-,10+,13+,15+,17+/m0/s1. The predicted octanol–water partition coefficient (Wildman–Crippen LogP) is -0.205. The zero-order chi connectivity index (χ0) is 22.8. The SMILES string of the molecule is C[C@@H]1N[PH](=O)OC[C@H]2O[C@@H](n3ccc(=O)[nH]c3=O)[C@](C)(F)[C@@H]2OC(=O)CCCOC1=O. The number of carbonyl (C=O) groups is 2. The normalized spacial score (nSPS) is 35.5. The van der Waals surface area contributed by atoms with E-state index in [9.17, 15) is 23.7 Å². The Hall–Kier alpha value is -2.34. The Bertz CT molecular complexity index is 978. The maximum atomic E-state index is 15.8. The number of fused-ring (bicyclic) bond motifs is 1. The third kappa shape index (κ3) is 5.29. The quantitative estimate of drug-likeness (QED) is 0.422. The Morgan fingerprint density at radius 3 is 2.74 bits per heavy atom. The Balaban J connectivity index is 1.88. The van der Waals surface area contributed by atoms with Crippen LogP contribution in [0.25, 0.3) is 0 Å². The van der Waals surface area contributed by atoms with Crippen LogP contribution >= 0.6 is 8.18 Å². The van der Waals surface area contributed by atoms with Crippen LogP contribution in [0.4, 0.5) is 4.39 Å². The lowest BCUT2D eigenvalue weighted by molar-refractivity contribution is -0.159. The highest BCUT2D eigenvalue weighted by Gasteiger charge is 2.58. The highest BCUT2D eigenvalue weighted by molar-refractivity contribution is 7.36. The highest BCUT2D eigenvalue weighted by atomic mass is 31.1. The van der Waals surface area contributed by atoms with Crippen molar-refractivity contribution < 1.29 is 37.3 Å². The van der Waals surface area contributed by atoms with Gasteiger partial charge in [0.15, 0.2) is 18.0 Å². The first kappa shape index (κ1) is 23.3. The second-order valence-electron chi connectivity index (χ2n) is 7.34. The Morgan fingerprint density at radius 1 is 1.29 bits per heavy atom. The number of rotatable bonds is 1. The van der Waals surface area contributed by atoms with Crippen LogP contribution in [0.2, 0.25) is 0 Å². The molecule has 0 radical (unpaired) electrons. The molecule has 1 aromatic rings. The van der Waals surface area contributed by atoms with Crippen LogP contribution < -0.4 is 16.3 Å². The van der Waals surface area contributed by atoms with E-state index >= 15 is 4.39 Å². The lowest BCUT2D eigenvalue weighted by Gasteiger charge is -2.28. The average Bonchev–Trinajstić information content (AvgIpc) is 2.93. The van der Waals surface area contributed by atoms with Crippen LogP contribution in [0.3, 0.4) is 0 Å². The molecule has 6 atom stereocenters. The maximum Gasteiger partial charge on any atom is 0.330 e. The minimum Gasteiger partial charge on any atom is -0.465 e. The first-order valence-corrected chi connectivity index (χ1v) is 10.9. The van der Waals surface area contributed by atoms with Gasteiger partial charge in [-0.05, 0) is 20.3 Å². The van der Waals surface area contributed by atoms with Gasteiger partial charge in [-0.25, -0.2) is 14.3 Å². The Labute approximate surface area is 175 Å². The van der Waals surface area contributed by atoms with Crippen molar-refractivity contribution in [3.8, 4) is 0 Å². The minimum absolute atomic E-state index is 0.0887. The summed E-state index contributed by atoms with van der Waals surface area (Å²) in [5, 5.41) is 2.45. The molecule has 3 heterocycles. The molecular weight excluding hydrogens is 440 g/mol. The first-order valence-electron chi connectivity index (χ1n) is 9.55. The summed E-state index contributed by atoms with van der Waals surface area (Å²) in [6.07, 6.45) is -3.24. The summed E-state index contributed by atoms with van der Waals surface area (Å²) in [5.74, 6) is -1.44. The van der Waals surface area contributed by atoms with Gasteiger partial charge in [-0.15, -0.1) is 0 Å². The fraction of sp³-hybridized carbons (Fsp3) is 0.647. The molecule has 2 saturated heterocycles. The summed E-state index contributed by atoms with van der Waals surface area (Å²) in [6, 6.07) is 0.0860. The van der Waals surface area contributed by atoms with E-state index in [1.54, 1.807) is 0 Å². The molecule has 2 aliphatic rings. The van der Waals surface area contributed by atoms with Crippen LogP contribution in [0, 0.1) is 0 Å². The number of H-pyrrole nitrogens is 1. The fourth-order valence-corrected chi connectivity index (χ4v) is 4.16. The molecule has 0 bridgehead atoms. The van der Waals surface area contributed by atoms with E-state index < -0.39 is 68.1 Å². The van der Waals surface area contributed by atoms with Crippen LogP contribution in [0.1, 0.15) is 32.9 Å². The van der Waals surface area contributed by atoms with E-state index in [4.69, 9.17) is 18.7 Å². The molecule has 2 fully saturated rings. The van der Waals surface area contributed by atoms with Crippen molar-refractivity contribution in [3.05, 3.63) is 33.1 Å². The van der Waals surface area contributed by atoms with Crippen molar-refractivity contribution in [1.82, 2.24) is 14.6 Å². The monoisotopic (exact) mass is 463 g/mol. The minimum atomic E-state index is -2.96. The second kappa shape index (κ2) is 9.43. The third-order valence-electron chi connectivity index (χ3n) is 4.88. The van der Waals surface area contributed by atoms with Gasteiger partial charge < -0.3 is 18.7 Å². The summed E-state index contributed by atoms with van der Waals surface area (Å²) in [7, 11) is -2.96. The van der Waals surface area contributed by atoms with E-state index in [2.05, 4.69) is 5.09 Å². The van der Waals surface area contributed by atoms with Crippen LogP contribution in [0.15, 0.2) is 21.9 Å². The number of cyclic esters (lactones) is 1. The molecule has 31 heavy (non-hydrogen) atoms. The zero-order valence-corrected chi connectivity index (χ0v) is 17.8. The molecule has 172 valence electrons. The second-order valence-corrected chi connectivity index (χ2v) is 8.49. The van der Waals surface area contributed by atoms with Crippen LogP contribution in [-0.2, 0) is 32.9 Å². The largest absolute Gasteiger partial charge is 0.465 e. The molecule has 0 saturated carbocycles. The van der Waals surface area contributed by atoms with Crippen molar-refractivity contribution in [1.29, 1.82) is 0 Å². The van der Waals surface area contributed by atoms with Crippen molar-refractivity contribution >= 4 is 20.1 Å². The molecular formula is C17H23FN3O9P. The number of ether oxygens (including phenoxy) is 3. The molecule has 0 spiro atoms. The topological polar surface area (TPSA) is 155 Å².